The molecule has 0 bridgehead atoms. The Kier molecular flexibility index (Phi) is 7.76. The number of ether oxygens (including phenoxy) is 2. The molecule has 1 amide bonds. The lowest BCUT2D eigenvalue weighted by Gasteiger charge is -2.16. The second-order valence-corrected chi connectivity index (χ2v) is 6.46. The summed E-state index contributed by atoms with van der Waals surface area (Å²) in [6.45, 7) is 4.04. The number of rotatable bonds is 9. The van der Waals surface area contributed by atoms with Gasteiger partial charge in [-0.1, -0.05) is 15.9 Å². The van der Waals surface area contributed by atoms with Gasteiger partial charge in [0.2, 0.25) is 5.91 Å². The summed E-state index contributed by atoms with van der Waals surface area (Å²) in [5.41, 5.74) is 0.757. The van der Waals surface area contributed by atoms with Gasteiger partial charge in [-0.3, -0.25) is 9.69 Å². The molecule has 2 rings (SSSR count). The second kappa shape index (κ2) is 10.1. The first kappa shape index (κ1) is 19.3. The molecule has 5 nitrogen and oxygen atoms in total. The maximum atomic E-state index is 12.1. The van der Waals surface area contributed by atoms with E-state index in [1.165, 1.54) is 0 Å². The van der Waals surface area contributed by atoms with Crippen molar-refractivity contribution in [3.63, 3.8) is 0 Å². The number of anilines is 1. The van der Waals surface area contributed by atoms with E-state index in [9.17, 15) is 4.79 Å². The van der Waals surface area contributed by atoms with E-state index in [0.717, 1.165) is 21.7 Å². The van der Waals surface area contributed by atoms with Crippen LogP contribution in [-0.2, 0) is 4.79 Å². The van der Waals surface area contributed by atoms with Crippen LogP contribution in [0.2, 0.25) is 0 Å². The molecule has 0 heterocycles. The zero-order chi connectivity index (χ0) is 18.1. The molecule has 6 heteroatoms. The quantitative estimate of drug-likeness (QED) is 0.687. The van der Waals surface area contributed by atoms with E-state index >= 15 is 0 Å². The van der Waals surface area contributed by atoms with Crippen LogP contribution < -0.4 is 14.8 Å². The highest BCUT2D eigenvalue weighted by Gasteiger charge is 2.07. The maximum absolute atomic E-state index is 12.1. The van der Waals surface area contributed by atoms with Crippen LogP contribution in [0.5, 0.6) is 11.5 Å². The van der Waals surface area contributed by atoms with Crippen LogP contribution in [-0.4, -0.2) is 44.2 Å². The number of amides is 1. The summed E-state index contributed by atoms with van der Waals surface area (Å²) in [6.07, 6.45) is 0. The van der Waals surface area contributed by atoms with Crippen molar-refractivity contribution in [2.24, 2.45) is 0 Å². The summed E-state index contributed by atoms with van der Waals surface area (Å²) in [5.74, 6) is 1.55. The fourth-order valence-electron chi connectivity index (χ4n) is 2.18. The average molecular weight is 407 g/mol. The van der Waals surface area contributed by atoms with Crippen molar-refractivity contribution >= 4 is 27.5 Å². The highest BCUT2D eigenvalue weighted by Crippen LogP contribution is 2.16. The van der Waals surface area contributed by atoms with E-state index in [-0.39, 0.29) is 5.91 Å². The van der Waals surface area contributed by atoms with Crippen molar-refractivity contribution in [3.05, 3.63) is 53.0 Å². The lowest BCUT2D eigenvalue weighted by atomic mass is 10.3. The Hall–Kier alpha value is -2.05. The van der Waals surface area contributed by atoms with Gasteiger partial charge in [0.25, 0.3) is 0 Å². The van der Waals surface area contributed by atoms with E-state index in [0.29, 0.717) is 26.3 Å². The molecule has 0 fully saturated rings. The predicted octanol–water partition coefficient (Wildman–Crippen LogP) is 3.80. The van der Waals surface area contributed by atoms with Crippen LogP contribution in [0, 0.1) is 0 Å². The summed E-state index contributed by atoms with van der Waals surface area (Å²) in [7, 11) is 1.89. The molecule has 0 radical (unpaired) electrons. The molecule has 0 atom stereocenters. The smallest absolute Gasteiger partial charge is 0.238 e. The third kappa shape index (κ3) is 7.15. The van der Waals surface area contributed by atoms with Crippen molar-refractivity contribution in [2.75, 3.05) is 38.7 Å². The summed E-state index contributed by atoms with van der Waals surface area (Å²) in [5, 5.41) is 2.87. The molecule has 2 aromatic rings. The van der Waals surface area contributed by atoms with Gasteiger partial charge < -0.3 is 14.8 Å². The molecule has 0 aliphatic carbocycles. The number of nitrogens with zero attached hydrogens (tertiary/aromatic N) is 1. The molecule has 1 N–H and O–H groups in total. The Balaban J connectivity index is 1.69. The average Bonchev–Trinajstić information content (AvgIpc) is 2.58. The Morgan fingerprint density at radius 2 is 1.64 bits per heavy atom. The Labute approximate surface area is 157 Å². The van der Waals surface area contributed by atoms with Gasteiger partial charge in [0.15, 0.2) is 0 Å². The normalized spacial score (nSPS) is 10.6. The van der Waals surface area contributed by atoms with E-state index in [2.05, 4.69) is 21.2 Å². The standard InChI is InChI=1S/C19H23BrN2O3/c1-3-24-17-10-6-16(7-11-17)21-19(23)14-22(2)12-13-25-18-8-4-15(20)5-9-18/h4-11H,3,12-14H2,1-2H3,(H,21,23). The minimum atomic E-state index is -0.0599. The highest BCUT2D eigenvalue weighted by atomic mass is 79.9. The first-order chi connectivity index (χ1) is 12.1. The number of hydrogen-bond donors (Lipinski definition) is 1. The summed E-state index contributed by atoms with van der Waals surface area (Å²) in [4.78, 5) is 14.0. The number of carbonyl (C=O) groups excluding carboxylic acids is 1. The second-order valence-electron chi connectivity index (χ2n) is 5.55. The van der Waals surface area contributed by atoms with E-state index in [1.807, 2.05) is 67.4 Å². The number of likely N-dealkylation sites (N-methyl/N-ethyl adjacent to an activating group) is 1. The van der Waals surface area contributed by atoms with Crippen molar-refractivity contribution in [1.82, 2.24) is 4.90 Å². The topological polar surface area (TPSA) is 50.8 Å². The molecule has 25 heavy (non-hydrogen) atoms. The van der Waals surface area contributed by atoms with Crippen LogP contribution >= 0.6 is 15.9 Å². The first-order valence-electron chi connectivity index (χ1n) is 8.16. The van der Waals surface area contributed by atoms with Crippen molar-refractivity contribution < 1.29 is 14.3 Å². The highest BCUT2D eigenvalue weighted by molar-refractivity contribution is 9.10. The summed E-state index contributed by atoms with van der Waals surface area (Å²) >= 11 is 3.39. The molecule has 0 saturated heterocycles. The number of nitrogens with one attached hydrogen (secondary N) is 1. The van der Waals surface area contributed by atoms with Crippen LogP contribution in [0.4, 0.5) is 5.69 Å². The molecule has 0 saturated carbocycles. The van der Waals surface area contributed by atoms with Crippen molar-refractivity contribution in [1.29, 1.82) is 0 Å². The molecule has 0 aliphatic rings. The van der Waals surface area contributed by atoms with Crippen molar-refractivity contribution in [2.45, 2.75) is 6.92 Å². The van der Waals surface area contributed by atoms with Gasteiger partial charge in [0.1, 0.15) is 18.1 Å². The van der Waals surface area contributed by atoms with E-state index in [4.69, 9.17) is 9.47 Å². The fourth-order valence-corrected chi connectivity index (χ4v) is 2.44. The lowest BCUT2D eigenvalue weighted by Crippen LogP contribution is -2.33. The molecule has 0 spiro atoms. The molecule has 0 aromatic heterocycles. The Morgan fingerprint density at radius 3 is 2.28 bits per heavy atom. The number of hydrogen-bond acceptors (Lipinski definition) is 4. The van der Waals surface area contributed by atoms with Gasteiger partial charge in [-0.25, -0.2) is 0 Å². The third-order valence-electron chi connectivity index (χ3n) is 3.42. The maximum Gasteiger partial charge on any atom is 0.238 e. The Morgan fingerprint density at radius 1 is 1.04 bits per heavy atom. The first-order valence-corrected chi connectivity index (χ1v) is 8.95. The third-order valence-corrected chi connectivity index (χ3v) is 3.95. The number of carbonyl (C=O) groups is 1. The minimum absolute atomic E-state index is 0.0599. The van der Waals surface area contributed by atoms with Crippen molar-refractivity contribution in [3.8, 4) is 11.5 Å². The van der Waals surface area contributed by atoms with Gasteiger partial charge in [0, 0.05) is 16.7 Å². The summed E-state index contributed by atoms with van der Waals surface area (Å²) in [6, 6.07) is 15.0. The predicted molar refractivity (Wildman–Crippen MR) is 103 cm³/mol. The fraction of sp³-hybridized carbons (Fsp3) is 0.316. The lowest BCUT2D eigenvalue weighted by molar-refractivity contribution is -0.117. The molecule has 2 aromatic carbocycles. The van der Waals surface area contributed by atoms with Crippen LogP contribution in [0.3, 0.4) is 0 Å². The van der Waals surface area contributed by atoms with E-state index < -0.39 is 0 Å². The van der Waals surface area contributed by atoms with Gasteiger partial charge >= 0.3 is 0 Å². The van der Waals surface area contributed by atoms with Gasteiger partial charge in [-0.15, -0.1) is 0 Å². The SMILES string of the molecule is CCOc1ccc(NC(=O)CN(C)CCOc2ccc(Br)cc2)cc1. The molecule has 134 valence electrons. The minimum Gasteiger partial charge on any atom is -0.494 e. The number of benzene rings is 2. The van der Waals surface area contributed by atoms with Gasteiger partial charge in [-0.05, 0) is 62.5 Å². The number of halogens is 1. The molecular weight excluding hydrogens is 384 g/mol. The van der Waals surface area contributed by atoms with Gasteiger partial charge in [0.05, 0.1) is 13.2 Å². The summed E-state index contributed by atoms with van der Waals surface area (Å²) < 4.78 is 12.1. The zero-order valence-corrected chi connectivity index (χ0v) is 16.1. The molecule has 0 aliphatic heterocycles. The van der Waals surface area contributed by atoms with Crippen LogP contribution in [0.1, 0.15) is 6.92 Å². The monoisotopic (exact) mass is 406 g/mol. The Bertz CT molecular complexity index is 659. The largest absolute Gasteiger partial charge is 0.494 e. The zero-order valence-electron chi connectivity index (χ0n) is 14.5. The van der Waals surface area contributed by atoms with Crippen LogP contribution in [0.25, 0.3) is 0 Å². The molecule has 0 unspecified atom stereocenters. The molecular formula is C19H23BrN2O3. The van der Waals surface area contributed by atoms with E-state index in [1.54, 1.807) is 0 Å². The van der Waals surface area contributed by atoms with Gasteiger partial charge in [-0.2, -0.15) is 0 Å². The van der Waals surface area contributed by atoms with Crippen LogP contribution in [0.15, 0.2) is 53.0 Å².